The van der Waals surface area contributed by atoms with Crippen LogP contribution in [0.5, 0.6) is 5.75 Å². The summed E-state index contributed by atoms with van der Waals surface area (Å²) in [6, 6.07) is 25.3. The van der Waals surface area contributed by atoms with Crippen molar-refractivity contribution >= 4 is 10.9 Å². The molecule has 26 heavy (non-hydrogen) atoms. The van der Waals surface area contributed by atoms with Crippen LogP contribution in [0.1, 0.15) is 11.1 Å². The molecule has 4 rings (SSSR count). The van der Waals surface area contributed by atoms with E-state index < -0.39 is 0 Å². The van der Waals surface area contributed by atoms with Gasteiger partial charge in [-0.2, -0.15) is 5.26 Å². The zero-order valence-corrected chi connectivity index (χ0v) is 14.0. The van der Waals surface area contributed by atoms with Crippen molar-refractivity contribution < 1.29 is 4.74 Å². The Bertz CT molecular complexity index is 1080. The Morgan fingerprint density at radius 3 is 2.50 bits per heavy atom. The van der Waals surface area contributed by atoms with Crippen LogP contribution < -0.4 is 4.74 Å². The van der Waals surface area contributed by atoms with Crippen molar-refractivity contribution in [3.8, 4) is 23.2 Å². The number of ether oxygens (including phenoxy) is 1. The number of hydrogen-bond donors (Lipinski definition) is 0. The molecule has 0 aliphatic heterocycles. The summed E-state index contributed by atoms with van der Waals surface area (Å²) in [7, 11) is 0. The van der Waals surface area contributed by atoms with Gasteiger partial charge in [-0.25, -0.2) is 9.97 Å². The predicted octanol–water partition coefficient (Wildman–Crippen LogP) is 4.75. The molecule has 0 amide bonds. The molecule has 0 saturated heterocycles. The average Bonchev–Trinajstić information content (AvgIpc) is 2.72. The Hall–Kier alpha value is -3.71. The molecular weight excluding hydrogens is 322 g/mol. The van der Waals surface area contributed by atoms with Gasteiger partial charge in [-0.15, -0.1) is 0 Å². The summed E-state index contributed by atoms with van der Waals surface area (Å²) in [4.78, 5) is 9.00. The van der Waals surface area contributed by atoms with Crippen molar-refractivity contribution in [2.24, 2.45) is 0 Å². The SMILES string of the molecule is N#Cc1ccc2nc(-c3ccc(OCc4ccccc4)cc3)ncc2c1. The number of rotatable bonds is 4. The van der Waals surface area contributed by atoms with E-state index in [9.17, 15) is 0 Å². The molecule has 4 nitrogen and oxygen atoms in total. The summed E-state index contributed by atoms with van der Waals surface area (Å²) in [5.74, 6) is 1.45. The van der Waals surface area contributed by atoms with Gasteiger partial charge in [-0.1, -0.05) is 30.3 Å². The van der Waals surface area contributed by atoms with Crippen LogP contribution >= 0.6 is 0 Å². The van der Waals surface area contributed by atoms with Crippen LogP contribution in [-0.2, 0) is 6.61 Å². The van der Waals surface area contributed by atoms with E-state index in [1.807, 2.05) is 60.7 Å². The minimum absolute atomic E-state index is 0.536. The van der Waals surface area contributed by atoms with Gasteiger partial charge in [0.15, 0.2) is 5.82 Å². The van der Waals surface area contributed by atoms with E-state index in [1.54, 1.807) is 18.3 Å². The minimum Gasteiger partial charge on any atom is -0.489 e. The highest BCUT2D eigenvalue weighted by molar-refractivity contribution is 5.81. The van der Waals surface area contributed by atoms with Gasteiger partial charge in [0.2, 0.25) is 0 Å². The van der Waals surface area contributed by atoms with Crippen LogP contribution in [-0.4, -0.2) is 9.97 Å². The number of fused-ring (bicyclic) bond motifs is 1. The standard InChI is InChI=1S/C22H15N3O/c23-13-17-6-11-21-19(12-17)14-24-22(25-21)18-7-9-20(10-8-18)26-15-16-4-2-1-3-5-16/h1-12,14H,15H2. The normalized spacial score (nSPS) is 10.4. The second-order valence-electron chi connectivity index (χ2n) is 5.88. The van der Waals surface area contributed by atoms with Crippen molar-refractivity contribution in [3.05, 3.63) is 90.1 Å². The maximum atomic E-state index is 8.97. The van der Waals surface area contributed by atoms with Crippen molar-refractivity contribution in [3.63, 3.8) is 0 Å². The summed E-state index contributed by atoms with van der Waals surface area (Å²) in [6.07, 6.45) is 1.75. The molecule has 0 spiro atoms. The van der Waals surface area contributed by atoms with Crippen LogP contribution in [0.4, 0.5) is 0 Å². The van der Waals surface area contributed by atoms with E-state index in [1.165, 1.54) is 0 Å². The number of hydrogen-bond acceptors (Lipinski definition) is 4. The monoisotopic (exact) mass is 337 g/mol. The van der Waals surface area contributed by atoms with Gasteiger partial charge in [-0.3, -0.25) is 0 Å². The molecule has 4 aromatic rings. The molecule has 0 aliphatic carbocycles. The lowest BCUT2D eigenvalue weighted by atomic mass is 10.1. The predicted molar refractivity (Wildman–Crippen MR) is 100 cm³/mol. The fourth-order valence-corrected chi connectivity index (χ4v) is 2.68. The summed E-state index contributed by atoms with van der Waals surface area (Å²) < 4.78 is 5.81. The molecule has 0 aliphatic rings. The van der Waals surface area contributed by atoms with Gasteiger partial charge in [0, 0.05) is 17.1 Å². The molecule has 0 saturated carbocycles. The lowest BCUT2D eigenvalue weighted by Crippen LogP contribution is -1.95. The highest BCUT2D eigenvalue weighted by atomic mass is 16.5. The highest BCUT2D eigenvalue weighted by Gasteiger charge is 2.05. The second-order valence-corrected chi connectivity index (χ2v) is 5.88. The lowest BCUT2D eigenvalue weighted by Gasteiger charge is -2.07. The Morgan fingerprint density at radius 2 is 1.73 bits per heavy atom. The quantitative estimate of drug-likeness (QED) is 0.539. The first-order valence-corrected chi connectivity index (χ1v) is 8.26. The molecular formula is C22H15N3O. The van der Waals surface area contributed by atoms with Gasteiger partial charge in [0.25, 0.3) is 0 Å². The molecule has 0 N–H and O–H groups in total. The Balaban J connectivity index is 1.53. The molecule has 0 unspecified atom stereocenters. The summed E-state index contributed by atoms with van der Waals surface area (Å²) in [5.41, 5.74) is 3.47. The van der Waals surface area contributed by atoms with Gasteiger partial charge >= 0.3 is 0 Å². The van der Waals surface area contributed by atoms with E-state index in [2.05, 4.69) is 16.0 Å². The van der Waals surface area contributed by atoms with Gasteiger partial charge in [0.1, 0.15) is 12.4 Å². The van der Waals surface area contributed by atoms with Crippen molar-refractivity contribution in [2.75, 3.05) is 0 Å². The van der Waals surface area contributed by atoms with E-state index in [4.69, 9.17) is 10.00 Å². The zero-order valence-electron chi connectivity index (χ0n) is 14.0. The Morgan fingerprint density at radius 1 is 0.923 bits per heavy atom. The molecule has 3 aromatic carbocycles. The van der Waals surface area contributed by atoms with Crippen LogP contribution in [0.15, 0.2) is 79.0 Å². The highest BCUT2D eigenvalue weighted by Crippen LogP contribution is 2.22. The summed E-state index contributed by atoms with van der Waals surface area (Å²) >= 11 is 0. The Kier molecular flexibility index (Phi) is 4.28. The average molecular weight is 337 g/mol. The molecule has 0 radical (unpaired) electrons. The largest absolute Gasteiger partial charge is 0.489 e. The van der Waals surface area contributed by atoms with Crippen molar-refractivity contribution in [1.29, 1.82) is 5.26 Å². The fraction of sp³-hybridized carbons (Fsp3) is 0.0455. The minimum atomic E-state index is 0.536. The van der Waals surface area contributed by atoms with Crippen LogP contribution in [0.2, 0.25) is 0 Å². The molecule has 0 bridgehead atoms. The van der Waals surface area contributed by atoms with Crippen LogP contribution in [0, 0.1) is 11.3 Å². The lowest BCUT2D eigenvalue weighted by molar-refractivity contribution is 0.306. The molecule has 4 heteroatoms. The number of nitriles is 1. The van der Waals surface area contributed by atoms with E-state index in [0.29, 0.717) is 18.0 Å². The van der Waals surface area contributed by atoms with E-state index in [-0.39, 0.29) is 0 Å². The molecule has 0 atom stereocenters. The van der Waals surface area contributed by atoms with E-state index in [0.717, 1.165) is 27.8 Å². The van der Waals surface area contributed by atoms with Crippen molar-refractivity contribution in [2.45, 2.75) is 6.61 Å². The maximum absolute atomic E-state index is 8.97. The molecule has 1 aromatic heterocycles. The summed E-state index contributed by atoms with van der Waals surface area (Å²) in [5, 5.41) is 9.83. The first-order chi connectivity index (χ1) is 12.8. The smallest absolute Gasteiger partial charge is 0.159 e. The fourth-order valence-electron chi connectivity index (χ4n) is 2.68. The first kappa shape index (κ1) is 15.8. The maximum Gasteiger partial charge on any atom is 0.159 e. The van der Waals surface area contributed by atoms with Crippen LogP contribution in [0.3, 0.4) is 0 Å². The number of nitrogens with zero attached hydrogens (tertiary/aromatic N) is 3. The number of aromatic nitrogens is 2. The Labute approximate surface area is 151 Å². The number of benzene rings is 3. The van der Waals surface area contributed by atoms with Gasteiger partial charge < -0.3 is 4.74 Å². The van der Waals surface area contributed by atoms with Crippen molar-refractivity contribution in [1.82, 2.24) is 9.97 Å². The van der Waals surface area contributed by atoms with Gasteiger partial charge in [0.05, 0.1) is 17.1 Å². The van der Waals surface area contributed by atoms with Gasteiger partial charge in [-0.05, 0) is 48.0 Å². The zero-order chi connectivity index (χ0) is 17.8. The summed E-state index contributed by atoms with van der Waals surface area (Å²) in [6.45, 7) is 0.536. The molecule has 0 fully saturated rings. The third kappa shape index (κ3) is 3.38. The van der Waals surface area contributed by atoms with Crippen LogP contribution in [0.25, 0.3) is 22.3 Å². The van der Waals surface area contributed by atoms with E-state index >= 15 is 0 Å². The second kappa shape index (κ2) is 7.04. The third-order valence-electron chi connectivity index (χ3n) is 4.07. The third-order valence-corrected chi connectivity index (χ3v) is 4.07. The molecule has 1 heterocycles. The topological polar surface area (TPSA) is 58.8 Å². The molecule has 124 valence electrons. The first-order valence-electron chi connectivity index (χ1n) is 8.26.